The summed E-state index contributed by atoms with van der Waals surface area (Å²) >= 11 is 0. The first-order chi connectivity index (χ1) is 14.8. The second-order valence-electron chi connectivity index (χ2n) is 9.84. The van der Waals surface area contributed by atoms with Gasteiger partial charge in [-0.15, -0.1) is 6.58 Å². The van der Waals surface area contributed by atoms with Gasteiger partial charge in [0.15, 0.2) is 0 Å². The van der Waals surface area contributed by atoms with Gasteiger partial charge in [-0.25, -0.2) is 0 Å². The van der Waals surface area contributed by atoms with E-state index >= 15 is 0 Å². The third kappa shape index (κ3) is 7.73. The zero-order chi connectivity index (χ0) is 21.0. The molecule has 0 aliphatic heterocycles. The minimum Gasteiger partial charge on any atom is -0.373 e. The van der Waals surface area contributed by atoms with Crippen molar-refractivity contribution >= 4 is 0 Å². The third-order valence-electron chi connectivity index (χ3n) is 7.78. The summed E-state index contributed by atoms with van der Waals surface area (Å²) in [5, 5.41) is 0. The molecule has 0 atom stereocenters. The molecule has 1 aromatic carbocycles. The Morgan fingerprint density at radius 1 is 0.867 bits per heavy atom. The third-order valence-corrected chi connectivity index (χ3v) is 7.78. The van der Waals surface area contributed by atoms with Gasteiger partial charge in [-0.05, 0) is 93.1 Å². The van der Waals surface area contributed by atoms with Crippen molar-refractivity contribution in [3.05, 3.63) is 60.2 Å². The Balaban J connectivity index is 1.25. The smallest absolute Gasteiger partial charge is 0.0721 e. The molecule has 166 valence electrons. The first-order valence-electron chi connectivity index (χ1n) is 12.7. The SMILES string of the molecule is C=CC1CCC(C2CCC(CCCCc3ccc(COCC=CC)cc3)CC2)CC1. The van der Waals surface area contributed by atoms with Crippen LogP contribution in [0.15, 0.2) is 49.1 Å². The maximum atomic E-state index is 5.63. The Morgan fingerprint density at radius 3 is 2.13 bits per heavy atom. The maximum Gasteiger partial charge on any atom is 0.0721 e. The highest BCUT2D eigenvalue weighted by Crippen LogP contribution is 2.42. The quantitative estimate of drug-likeness (QED) is 0.264. The van der Waals surface area contributed by atoms with Crippen LogP contribution in [0.3, 0.4) is 0 Å². The Hall–Kier alpha value is -1.34. The largest absolute Gasteiger partial charge is 0.373 e. The van der Waals surface area contributed by atoms with Crippen LogP contribution in [0.25, 0.3) is 0 Å². The number of benzene rings is 1. The van der Waals surface area contributed by atoms with E-state index in [1.165, 1.54) is 88.2 Å². The van der Waals surface area contributed by atoms with Gasteiger partial charge in [-0.1, -0.05) is 68.2 Å². The molecule has 1 heteroatoms. The lowest BCUT2D eigenvalue weighted by atomic mass is 9.68. The number of aryl methyl sites for hydroxylation is 1. The van der Waals surface area contributed by atoms with Crippen molar-refractivity contribution < 1.29 is 4.74 Å². The molecular weight excluding hydrogens is 364 g/mol. The Bertz CT molecular complexity index is 612. The number of hydrogen-bond donors (Lipinski definition) is 0. The van der Waals surface area contributed by atoms with Gasteiger partial charge in [0.25, 0.3) is 0 Å². The van der Waals surface area contributed by atoms with Crippen LogP contribution in [0.4, 0.5) is 0 Å². The molecule has 0 bridgehead atoms. The fourth-order valence-corrected chi connectivity index (χ4v) is 5.71. The van der Waals surface area contributed by atoms with Crippen molar-refractivity contribution in [2.45, 2.75) is 90.6 Å². The monoisotopic (exact) mass is 408 g/mol. The number of allylic oxidation sites excluding steroid dienone is 2. The highest BCUT2D eigenvalue weighted by atomic mass is 16.5. The molecule has 0 radical (unpaired) electrons. The van der Waals surface area contributed by atoms with Gasteiger partial charge in [0.2, 0.25) is 0 Å². The molecule has 2 fully saturated rings. The topological polar surface area (TPSA) is 9.23 Å². The minimum absolute atomic E-state index is 0.705. The highest BCUT2D eigenvalue weighted by Gasteiger charge is 2.29. The van der Waals surface area contributed by atoms with Crippen molar-refractivity contribution in [3.63, 3.8) is 0 Å². The first-order valence-corrected chi connectivity index (χ1v) is 12.7. The van der Waals surface area contributed by atoms with Crippen LogP contribution < -0.4 is 0 Å². The van der Waals surface area contributed by atoms with Gasteiger partial charge in [-0.2, -0.15) is 0 Å². The van der Waals surface area contributed by atoms with E-state index in [-0.39, 0.29) is 0 Å². The first kappa shape index (κ1) is 23.3. The number of unbranched alkanes of at least 4 members (excludes halogenated alkanes) is 1. The zero-order valence-electron chi connectivity index (χ0n) is 19.4. The molecule has 2 aliphatic rings. The van der Waals surface area contributed by atoms with Crippen LogP contribution in [0.5, 0.6) is 0 Å². The van der Waals surface area contributed by atoms with Gasteiger partial charge in [0, 0.05) is 0 Å². The lowest BCUT2D eigenvalue weighted by Gasteiger charge is -2.37. The highest BCUT2D eigenvalue weighted by molar-refractivity contribution is 5.22. The van der Waals surface area contributed by atoms with Gasteiger partial charge < -0.3 is 4.74 Å². The molecule has 1 aromatic rings. The number of ether oxygens (including phenoxy) is 1. The summed E-state index contributed by atoms with van der Waals surface area (Å²) < 4.78 is 5.63. The molecule has 2 aliphatic carbocycles. The van der Waals surface area contributed by atoms with Crippen molar-refractivity contribution in [2.24, 2.45) is 23.7 Å². The molecule has 30 heavy (non-hydrogen) atoms. The van der Waals surface area contributed by atoms with Crippen LogP contribution in [0.2, 0.25) is 0 Å². The predicted octanol–water partition coefficient (Wildman–Crippen LogP) is 8.29. The van der Waals surface area contributed by atoms with Crippen LogP contribution in [0.1, 0.15) is 88.7 Å². The summed E-state index contributed by atoms with van der Waals surface area (Å²) in [4.78, 5) is 0. The van der Waals surface area contributed by atoms with Crippen LogP contribution >= 0.6 is 0 Å². The summed E-state index contributed by atoms with van der Waals surface area (Å²) in [5.74, 6) is 3.87. The Labute approximate surface area is 186 Å². The zero-order valence-corrected chi connectivity index (χ0v) is 19.4. The second kappa shape index (κ2) is 13.2. The van der Waals surface area contributed by atoms with Crippen molar-refractivity contribution in [3.8, 4) is 0 Å². The Morgan fingerprint density at radius 2 is 1.50 bits per heavy atom. The maximum absolute atomic E-state index is 5.63. The minimum atomic E-state index is 0.705. The van der Waals surface area contributed by atoms with Gasteiger partial charge in [0.05, 0.1) is 13.2 Å². The van der Waals surface area contributed by atoms with E-state index in [2.05, 4.69) is 43.0 Å². The van der Waals surface area contributed by atoms with E-state index in [0.717, 1.165) is 23.7 Å². The van der Waals surface area contributed by atoms with E-state index in [1.807, 2.05) is 13.0 Å². The van der Waals surface area contributed by atoms with E-state index in [0.29, 0.717) is 13.2 Å². The molecular formula is C29H44O. The lowest BCUT2D eigenvalue weighted by Crippen LogP contribution is -2.25. The summed E-state index contributed by atoms with van der Waals surface area (Å²) in [7, 11) is 0. The van der Waals surface area contributed by atoms with Crippen molar-refractivity contribution in [1.29, 1.82) is 0 Å². The standard InChI is InChI=1S/C29H44O/c1-3-5-22-30-23-27-12-10-25(11-13-27)8-6-7-9-26-16-20-29(21-17-26)28-18-14-24(4-2)15-19-28/h3-5,10-13,24,26,28-29H,2,6-9,14-23H2,1H3. The van der Waals surface area contributed by atoms with Crippen molar-refractivity contribution in [2.75, 3.05) is 6.61 Å². The van der Waals surface area contributed by atoms with E-state index in [1.54, 1.807) is 0 Å². The molecule has 1 nitrogen and oxygen atoms in total. The molecule has 2 saturated carbocycles. The van der Waals surface area contributed by atoms with E-state index in [4.69, 9.17) is 4.74 Å². The van der Waals surface area contributed by atoms with Gasteiger partial charge in [-0.3, -0.25) is 0 Å². The van der Waals surface area contributed by atoms with Crippen LogP contribution in [-0.4, -0.2) is 6.61 Å². The second-order valence-corrected chi connectivity index (χ2v) is 9.84. The summed E-state index contributed by atoms with van der Waals surface area (Å²) in [5.41, 5.74) is 2.75. The lowest BCUT2D eigenvalue weighted by molar-refractivity contribution is 0.148. The molecule has 0 spiro atoms. The molecule has 0 N–H and O–H groups in total. The van der Waals surface area contributed by atoms with Crippen LogP contribution in [-0.2, 0) is 17.8 Å². The fourth-order valence-electron chi connectivity index (χ4n) is 5.71. The molecule has 3 rings (SSSR count). The summed E-state index contributed by atoms with van der Waals surface area (Å²) in [6.45, 7) is 7.44. The van der Waals surface area contributed by atoms with E-state index < -0.39 is 0 Å². The van der Waals surface area contributed by atoms with Gasteiger partial charge >= 0.3 is 0 Å². The van der Waals surface area contributed by atoms with E-state index in [9.17, 15) is 0 Å². The molecule has 0 aromatic heterocycles. The summed E-state index contributed by atoms with van der Waals surface area (Å²) in [6, 6.07) is 9.05. The average Bonchev–Trinajstić information content (AvgIpc) is 2.81. The number of rotatable bonds is 11. The summed E-state index contributed by atoms with van der Waals surface area (Å²) in [6.07, 6.45) is 23.4. The van der Waals surface area contributed by atoms with Gasteiger partial charge in [0.1, 0.15) is 0 Å². The Kier molecular flexibility index (Phi) is 10.2. The molecule has 0 saturated heterocycles. The number of hydrogen-bond acceptors (Lipinski definition) is 1. The average molecular weight is 409 g/mol. The molecule has 0 unspecified atom stereocenters. The predicted molar refractivity (Wildman–Crippen MR) is 130 cm³/mol. The van der Waals surface area contributed by atoms with Crippen molar-refractivity contribution in [1.82, 2.24) is 0 Å². The molecule has 0 amide bonds. The fraction of sp³-hybridized carbons (Fsp3) is 0.655. The van der Waals surface area contributed by atoms with Crippen LogP contribution in [0, 0.1) is 23.7 Å². The normalized spacial score (nSPS) is 27.4. The molecule has 0 heterocycles.